The predicted molar refractivity (Wildman–Crippen MR) is 116 cm³/mol. The lowest BCUT2D eigenvalue weighted by molar-refractivity contribution is -0.121. The van der Waals surface area contributed by atoms with Crippen LogP contribution in [0.15, 0.2) is 47.4 Å². The van der Waals surface area contributed by atoms with Crippen LogP contribution < -0.4 is 5.32 Å². The molecule has 2 aromatic rings. The van der Waals surface area contributed by atoms with E-state index in [1.54, 1.807) is 11.8 Å². The molecule has 0 unspecified atom stereocenters. The topological polar surface area (TPSA) is 32.3 Å². The third-order valence-corrected chi connectivity index (χ3v) is 6.49. The second kappa shape index (κ2) is 9.83. The van der Waals surface area contributed by atoms with Crippen LogP contribution in [0.1, 0.15) is 25.3 Å². The zero-order valence-electron chi connectivity index (χ0n) is 15.4. The van der Waals surface area contributed by atoms with Crippen LogP contribution in [0.2, 0.25) is 10.0 Å². The second-order valence-corrected chi connectivity index (χ2v) is 8.84. The van der Waals surface area contributed by atoms with Gasteiger partial charge in [-0.2, -0.15) is 0 Å². The average Bonchev–Trinajstić information content (AvgIpc) is 2.67. The number of carbonyl (C=O) groups excluding carboxylic acids is 1. The van der Waals surface area contributed by atoms with E-state index in [2.05, 4.69) is 23.2 Å². The number of halogens is 2. The highest BCUT2D eigenvalue weighted by Gasteiger charge is 2.25. The van der Waals surface area contributed by atoms with Gasteiger partial charge in [-0.15, -0.1) is 11.8 Å². The van der Waals surface area contributed by atoms with Crippen LogP contribution in [0, 0.1) is 5.92 Å². The lowest BCUT2D eigenvalue weighted by Gasteiger charge is -2.31. The summed E-state index contributed by atoms with van der Waals surface area (Å²) in [5.41, 5.74) is 2.07. The Morgan fingerprint density at radius 1 is 1.15 bits per heavy atom. The van der Waals surface area contributed by atoms with Crippen molar-refractivity contribution in [1.82, 2.24) is 4.90 Å². The largest absolute Gasteiger partial charge is 0.325 e. The Balaban J connectivity index is 1.52. The number of para-hydroxylation sites is 1. The van der Waals surface area contributed by atoms with Gasteiger partial charge < -0.3 is 5.32 Å². The number of rotatable bonds is 6. The molecule has 0 atom stereocenters. The molecule has 0 bridgehead atoms. The molecule has 1 aliphatic rings. The summed E-state index contributed by atoms with van der Waals surface area (Å²) in [4.78, 5) is 16.2. The van der Waals surface area contributed by atoms with Crippen LogP contribution >= 0.6 is 35.0 Å². The summed E-state index contributed by atoms with van der Waals surface area (Å²) < 4.78 is 0. The fourth-order valence-electron chi connectivity index (χ4n) is 3.34. The highest BCUT2D eigenvalue weighted by atomic mass is 35.5. The van der Waals surface area contributed by atoms with Gasteiger partial charge in [0.1, 0.15) is 0 Å². The number of thioether (sulfide) groups is 1. The highest BCUT2D eigenvalue weighted by molar-refractivity contribution is 7.99. The number of amides is 1. The van der Waals surface area contributed by atoms with Gasteiger partial charge in [0, 0.05) is 17.4 Å². The van der Waals surface area contributed by atoms with E-state index in [9.17, 15) is 4.79 Å². The summed E-state index contributed by atoms with van der Waals surface area (Å²) in [5, 5.41) is 4.30. The molecular formula is C21H24Cl2N2OS. The van der Waals surface area contributed by atoms with Crippen molar-refractivity contribution in [1.29, 1.82) is 0 Å². The minimum Gasteiger partial charge on any atom is -0.325 e. The Morgan fingerprint density at radius 2 is 1.89 bits per heavy atom. The minimum absolute atomic E-state index is 0.0646. The summed E-state index contributed by atoms with van der Waals surface area (Å²) >= 11 is 13.8. The Bertz CT molecular complexity index is 792. The minimum atomic E-state index is 0.0646. The van der Waals surface area contributed by atoms with Gasteiger partial charge in [0.25, 0.3) is 0 Å². The van der Waals surface area contributed by atoms with E-state index >= 15 is 0 Å². The maximum atomic E-state index is 12.7. The standard InChI is InChI=1S/C21H24Cl2N2OS/c1-2-27-20-6-4-3-5-19(20)24-21(26)16-9-11-25(12-10-16)14-15-7-8-17(22)18(23)13-15/h3-8,13,16H,2,9-12,14H2,1H3,(H,24,26). The van der Waals surface area contributed by atoms with Gasteiger partial charge in [-0.25, -0.2) is 0 Å². The van der Waals surface area contributed by atoms with E-state index in [0.717, 1.165) is 54.4 Å². The third kappa shape index (κ3) is 5.64. The van der Waals surface area contributed by atoms with Gasteiger partial charge in [-0.1, -0.05) is 48.3 Å². The number of nitrogens with one attached hydrogen (secondary N) is 1. The molecule has 1 N–H and O–H groups in total. The molecule has 3 rings (SSSR count). The molecule has 27 heavy (non-hydrogen) atoms. The quantitative estimate of drug-likeness (QED) is 0.583. The van der Waals surface area contributed by atoms with Gasteiger partial charge in [0.05, 0.1) is 15.7 Å². The number of likely N-dealkylation sites (tertiary alicyclic amines) is 1. The van der Waals surface area contributed by atoms with Crippen molar-refractivity contribution in [2.45, 2.75) is 31.2 Å². The van der Waals surface area contributed by atoms with Gasteiger partial charge in [-0.3, -0.25) is 9.69 Å². The molecule has 3 nitrogen and oxygen atoms in total. The van der Waals surface area contributed by atoms with Crippen molar-refractivity contribution in [3.05, 3.63) is 58.1 Å². The molecule has 0 aromatic heterocycles. The van der Waals surface area contributed by atoms with Crippen LogP contribution in [0.5, 0.6) is 0 Å². The maximum absolute atomic E-state index is 12.7. The summed E-state index contributed by atoms with van der Waals surface area (Å²) in [7, 11) is 0. The molecule has 6 heteroatoms. The number of anilines is 1. The van der Waals surface area contributed by atoms with Crippen molar-refractivity contribution < 1.29 is 4.79 Å². The molecule has 0 saturated carbocycles. The molecule has 1 amide bonds. The molecule has 1 fully saturated rings. The van der Waals surface area contributed by atoms with Crippen molar-refractivity contribution in [3.8, 4) is 0 Å². The molecule has 0 spiro atoms. The summed E-state index contributed by atoms with van der Waals surface area (Å²) in [6.45, 7) is 4.77. The first-order chi connectivity index (χ1) is 13.1. The van der Waals surface area contributed by atoms with Gasteiger partial charge >= 0.3 is 0 Å². The van der Waals surface area contributed by atoms with Crippen molar-refractivity contribution in [2.24, 2.45) is 5.92 Å². The number of hydrogen-bond donors (Lipinski definition) is 1. The summed E-state index contributed by atoms with van der Waals surface area (Å²) in [6.07, 6.45) is 1.74. The zero-order valence-corrected chi connectivity index (χ0v) is 17.7. The van der Waals surface area contributed by atoms with Crippen LogP contribution in [-0.4, -0.2) is 29.6 Å². The molecule has 0 radical (unpaired) electrons. The Labute approximate surface area is 175 Å². The molecule has 0 aliphatic carbocycles. The number of piperidine rings is 1. The van der Waals surface area contributed by atoms with E-state index in [4.69, 9.17) is 23.2 Å². The smallest absolute Gasteiger partial charge is 0.227 e. The molecule has 2 aromatic carbocycles. The first-order valence-corrected chi connectivity index (χ1v) is 11.0. The fourth-order valence-corrected chi connectivity index (χ4v) is 4.42. The first-order valence-electron chi connectivity index (χ1n) is 9.25. The Kier molecular flexibility index (Phi) is 7.48. The normalized spacial score (nSPS) is 15.7. The summed E-state index contributed by atoms with van der Waals surface area (Å²) in [6, 6.07) is 13.8. The lowest BCUT2D eigenvalue weighted by Crippen LogP contribution is -2.37. The van der Waals surface area contributed by atoms with Crippen molar-refractivity contribution in [3.63, 3.8) is 0 Å². The molecule has 1 saturated heterocycles. The van der Waals surface area contributed by atoms with Crippen LogP contribution in [0.4, 0.5) is 5.69 Å². The number of carbonyl (C=O) groups is 1. The molecule has 1 aliphatic heterocycles. The lowest BCUT2D eigenvalue weighted by atomic mass is 9.95. The van der Waals surface area contributed by atoms with E-state index in [1.165, 1.54) is 0 Å². The van der Waals surface area contributed by atoms with E-state index in [1.807, 2.05) is 36.4 Å². The number of hydrogen-bond acceptors (Lipinski definition) is 3. The van der Waals surface area contributed by atoms with Gasteiger partial charge in [0.15, 0.2) is 0 Å². The Hall–Kier alpha value is -1.20. The average molecular weight is 423 g/mol. The third-order valence-electron chi connectivity index (χ3n) is 4.79. The molecule has 1 heterocycles. The van der Waals surface area contributed by atoms with E-state index in [-0.39, 0.29) is 11.8 Å². The van der Waals surface area contributed by atoms with Crippen LogP contribution in [-0.2, 0) is 11.3 Å². The highest BCUT2D eigenvalue weighted by Crippen LogP contribution is 2.29. The predicted octanol–water partition coefficient (Wildman–Crippen LogP) is 5.96. The number of benzene rings is 2. The van der Waals surface area contributed by atoms with Crippen LogP contribution in [0.3, 0.4) is 0 Å². The second-order valence-electron chi connectivity index (χ2n) is 6.72. The Morgan fingerprint density at radius 3 is 2.59 bits per heavy atom. The van der Waals surface area contributed by atoms with Crippen molar-refractivity contribution >= 4 is 46.6 Å². The maximum Gasteiger partial charge on any atom is 0.227 e. The summed E-state index contributed by atoms with van der Waals surface area (Å²) in [5.74, 6) is 1.18. The zero-order chi connectivity index (χ0) is 19.2. The van der Waals surface area contributed by atoms with E-state index < -0.39 is 0 Å². The fraction of sp³-hybridized carbons (Fsp3) is 0.381. The van der Waals surface area contributed by atoms with Crippen LogP contribution in [0.25, 0.3) is 0 Å². The number of nitrogens with zero attached hydrogens (tertiary/aromatic N) is 1. The van der Waals surface area contributed by atoms with Gasteiger partial charge in [-0.05, 0) is 61.5 Å². The monoisotopic (exact) mass is 422 g/mol. The van der Waals surface area contributed by atoms with Gasteiger partial charge in [0.2, 0.25) is 5.91 Å². The van der Waals surface area contributed by atoms with Crippen molar-refractivity contribution in [2.75, 3.05) is 24.2 Å². The van der Waals surface area contributed by atoms with E-state index in [0.29, 0.717) is 10.0 Å². The molecular weight excluding hydrogens is 399 g/mol. The molecule has 144 valence electrons. The SMILES string of the molecule is CCSc1ccccc1NC(=O)C1CCN(Cc2ccc(Cl)c(Cl)c2)CC1. The first kappa shape index (κ1) is 20.5.